The van der Waals surface area contributed by atoms with E-state index in [1.165, 1.54) is 16.8 Å². The monoisotopic (exact) mass is 402 g/mol. The highest BCUT2D eigenvalue weighted by Gasteiger charge is 2.20. The van der Waals surface area contributed by atoms with Gasteiger partial charge in [0.25, 0.3) is 0 Å². The van der Waals surface area contributed by atoms with E-state index in [0.717, 1.165) is 5.56 Å². The van der Waals surface area contributed by atoms with E-state index in [2.05, 4.69) is 15.3 Å². The number of amides is 1. The maximum absolute atomic E-state index is 12.1. The molecule has 0 aliphatic rings. The van der Waals surface area contributed by atoms with Crippen LogP contribution in [0.25, 0.3) is 11.0 Å². The number of halogens is 1. The first-order valence-corrected chi connectivity index (χ1v) is 9.08. The molecular weight excluding hydrogens is 384 g/mol. The van der Waals surface area contributed by atoms with E-state index in [9.17, 15) is 14.7 Å². The molecule has 1 unspecified atom stereocenters. The van der Waals surface area contributed by atoms with Crippen LogP contribution in [0.1, 0.15) is 29.4 Å². The summed E-state index contributed by atoms with van der Waals surface area (Å²) in [5.74, 6) is -1.10. The number of benzene rings is 1. The highest BCUT2D eigenvalue weighted by molar-refractivity contribution is 6.28. The molecule has 0 saturated carbocycles. The Balaban J connectivity index is 1.73. The Bertz CT molecular complexity index is 990. The lowest BCUT2D eigenvalue weighted by Crippen LogP contribution is -2.38. The average molecular weight is 403 g/mol. The van der Waals surface area contributed by atoms with Crippen molar-refractivity contribution >= 4 is 34.7 Å². The lowest BCUT2D eigenvalue weighted by atomic mass is 10.2. The molecule has 1 amide bonds. The Hall–Kier alpha value is -3.13. The molecule has 0 aliphatic carbocycles. The second-order valence-electron chi connectivity index (χ2n) is 6.17. The van der Waals surface area contributed by atoms with Gasteiger partial charge < -0.3 is 19.7 Å². The molecule has 3 aromatic rings. The van der Waals surface area contributed by atoms with E-state index in [-0.39, 0.29) is 30.2 Å². The van der Waals surface area contributed by atoms with E-state index in [1.54, 1.807) is 0 Å². The predicted molar refractivity (Wildman–Crippen MR) is 103 cm³/mol. The summed E-state index contributed by atoms with van der Waals surface area (Å²) in [6, 6.07) is 10.5. The first-order valence-electron chi connectivity index (χ1n) is 8.70. The number of carbonyl (C=O) groups excluding carboxylic acids is 1. The van der Waals surface area contributed by atoms with Gasteiger partial charge >= 0.3 is 12.1 Å². The summed E-state index contributed by atoms with van der Waals surface area (Å²) in [5, 5.41) is 12.8. The van der Waals surface area contributed by atoms with Crippen LogP contribution in [-0.4, -0.2) is 37.7 Å². The molecule has 2 aromatic heterocycles. The third kappa shape index (κ3) is 4.58. The van der Waals surface area contributed by atoms with Crippen LogP contribution < -0.4 is 5.32 Å². The maximum atomic E-state index is 12.1. The number of rotatable bonds is 7. The molecule has 0 saturated heterocycles. The summed E-state index contributed by atoms with van der Waals surface area (Å²) < 4.78 is 6.75. The van der Waals surface area contributed by atoms with Crippen molar-refractivity contribution in [2.45, 2.75) is 32.5 Å². The molecule has 0 radical (unpaired) electrons. The molecule has 0 bridgehead atoms. The van der Waals surface area contributed by atoms with Crippen LogP contribution in [0.15, 0.2) is 42.6 Å². The van der Waals surface area contributed by atoms with Crippen molar-refractivity contribution in [3.8, 4) is 0 Å². The second-order valence-corrected chi connectivity index (χ2v) is 6.51. The minimum absolute atomic E-state index is 0.0204. The molecule has 1 atom stereocenters. The van der Waals surface area contributed by atoms with Crippen LogP contribution in [0.2, 0.25) is 5.28 Å². The van der Waals surface area contributed by atoms with Gasteiger partial charge in [0.1, 0.15) is 17.9 Å². The van der Waals surface area contributed by atoms with Crippen molar-refractivity contribution in [3.05, 3.63) is 59.1 Å². The normalized spacial score (nSPS) is 11.9. The van der Waals surface area contributed by atoms with Gasteiger partial charge in [-0.05, 0) is 29.7 Å². The standard InChI is InChI=1S/C19H19ClN4O4/c1-2-14(22-19(27)28-11-12-6-4-3-5-7-12)10-24-15(17(25)26)8-13-9-21-18(20)23-16(13)24/h3-9,14H,2,10-11H2,1H3,(H,22,27)(H,25,26). The van der Waals surface area contributed by atoms with Gasteiger partial charge in [0.05, 0.1) is 0 Å². The van der Waals surface area contributed by atoms with Gasteiger partial charge in [-0.1, -0.05) is 37.3 Å². The molecule has 2 N–H and O–H groups in total. The highest BCUT2D eigenvalue weighted by atomic mass is 35.5. The number of nitrogens with zero attached hydrogens (tertiary/aromatic N) is 3. The van der Waals surface area contributed by atoms with E-state index < -0.39 is 12.1 Å². The van der Waals surface area contributed by atoms with Gasteiger partial charge in [-0.25, -0.2) is 14.6 Å². The largest absolute Gasteiger partial charge is 0.477 e. The summed E-state index contributed by atoms with van der Waals surface area (Å²) in [5.41, 5.74) is 1.32. The third-order valence-corrected chi connectivity index (χ3v) is 4.44. The number of fused-ring (bicyclic) bond motifs is 1. The summed E-state index contributed by atoms with van der Waals surface area (Å²) >= 11 is 5.86. The Labute approximate surface area is 166 Å². The number of hydrogen-bond acceptors (Lipinski definition) is 5. The summed E-state index contributed by atoms with van der Waals surface area (Å²) in [6.45, 7) is 2.24. The fourth-order valence-electron chi connectivity index (χ4n) is 2.81. The van der Waals surface area contributed by atoms with E-state index >= 15 is 0 Å². The van der Waals surface area contributed by atoms with Crippen LogP contribution in [0.4, 0.5) is 4.79 Å². The first-order chi connectivity index (χ1) is 13.5. The quantitative estimate of drug-likeness (QED) is 0.586. The molecule has 28 heavy (non-hydrogen) atoms. The van der Waals surface area contributed by atoms with Crippen LogP contribution in [0, 0.1) is 0 Å². The molecule has 0 fully saturated rings. The molecule has 0 aliphatic heterocycles. The molecule has 3 rings (SSSR count). The Morgan fingerprint density at radius 2 is 2.07 bits per heavy atom. The van der Waals surface area contributed by atoms with Gasteiger partial charge in [0.2, 0.25) is 5.28 Å². The van der Waals surface area contributed by atoms with Crippen molar-refractivity contribution < 1.29 is 19.4 Å². The number of aromatic carboxylic acids is 1. The predicted octanol–water partition coefficient (Wildman–Crippen LogP) is 3.49. The van der Waals surface area contributed by atoms with Crippen molar-refractivity contribution in [2.24, 2.45) is 0 Å². The van der Waals surface area contributed by atoms with Crippen LogP contribution in [-0.2, 0) is 17.9 Å². The zero-order valence-corrected chi connectivity index (χ0v) is 15.9. The number of ether oxygens (including phenoxy) is 1. The van der Waals surface area contributed by atoms with Gasteiger partial charge in [0.15, 0.2) is 0 Å². The van der Waals surface area contributed by atoms with E-state index in [1.807, 2.05) is 37.3 Å². The molecular formula is C19H19ClN4O4. The topological polar surface area (TPSA) is 106 Å². The molecule has 1 aromatic carbocycles. The van der Waals surface area contributed by atoms with Gasteiger partial charge in [-0.2, -0.15) is 4.98 Å². The highest BCUT2D eigenvalue weighted by Crippen LogP contribution is 2.20. The molecule has 8 nitrogen and oxygen atoms in total. The number of hydrogen-bond donors (Lipinski definition) is 2. The van der Waals surface area contributed by atoms with Gasteiger partial charge in [-0.15, -0.1) is 0 Å². The van der Waals surface area contributed by atoms with Gasteiger partial charge in [-0.3, -0.25) is 0 Å². The minimum atomic E-state index is -1.10. The number of carboxylic acids is 1. The van der Waals surface area contributed by atoms with E-state index in [0.29, 0.717) is 17.5 Å². The maximum Gasteiger partial charge on any atom is 0.407 e. The van der Waals surface area contributed by atoms with Crippen LogP contribution in [0.5, 0.6) is 0 Å². The lowest BCUT2D eigenvalue weighted by Gasteiger charge is -2.19. The van der Waals surface area contributed by atoms with Crippen molar-refractivity contribution in [3.63, 3.8) is 0 Å². The van der Waals surface area contributed by atoms with Crippen molar-refractivity contribution in [1.29, 1.82) is 0 Å². The third-order valence-electron chi connectivity index (χ3n) is 4.25. The Kier molecular flexibility index (Phi) is 6.10. The molecule has 146 valence electrons. The smallest absolute Gasteiger partial charge is 0.407 e. The first kappa shape index (κ1) is 19.6. The van der Waals surface area contributed by atoms with Gasteiger partial charge in [0, 0.05) is 24.2 Å². The van der Waals surface area contributed by atoms with Crippen molar-refractivity contribution in [2.75, 3.05) is 0 Å². The summed E-state index contributed by atoms with van der Waals surface area (Å²) in [4.78, 5) is 31.8. The number of carbonyl (C=O) groups is 2. The molecule has 9 heteroatoms. The fraction of sp³-hybridized carbons (Fsp3) is 0.263. The van der Waals surface area contributed by atoms with Crippen molar-refractivity contribution in [1.82, 2.24) is 19.9 Å². The summed E-state index contributed by atoms with van der Waals surface area (Å²) in [7, 11) is 0. The number of nitrogens with one attached hydrogen (secondary N) is 1. The molecule has 0 spiro atoms. The zero-order valence-electron chi connectivity index (χ0n) is 15.1. The SMILES string of the molecule is CCC(Cn1c(C(=O)O)cc2cnc(Cl)nc21)NC(=O)OCc1ccccc1. The average Bonchev–Trinajstić information content (AvgIpc) is 3.04. The number of carboxylic acid groups (broad SMARTS) is 1. The number of alkyl carbamates (subject to hydrolysis) is 1. The van der Waals surface area contributed by atoms with Crippen LogP contribution in [0.3, 0.4) is 0 Å². The minimum Gasteiger partial charge on any atom is -0.477 e. The van der Waals surface area contributed by atoms with Crippen LogP contribution >= 0.6 is 11.6 Å². The number of aromatic nitrogens is 3. The molecule has 2 heterocycles. The second kappa shape index (κ2) is 8.71. The Morgan fingerprint density at radius 1 is 1.32 bits per heavy atom. The van der Waals surface area contributed by atoms with E-state index in [4.69, 9.17) is 16.3 Å². The zero-order chi connectivity index (χ0) is 20.1. The fourth-order valence-corrected chi connectivity index (χ4v) is 2.94. The lowest BCUT2D eigenvalue weighted by molar-refractivity contribution is 0.0685. The Morgan fingerprint density at radius 3 is 2.75 bits per heavy atom. The summed E-state index contributed by atoms with van der Waals surface area (Å²) in [6.07, 6.45) is 1.46.